The van der Waals surface area contributed by atoms with Crippen molar-refractivity contribution in [1.82, 2.24) is 9.55 Å². The number of ether oxygens (including phenoxy) is 1. The number of aromatic nitrogens is 2. The zero-order valence-corrected chi connectivity index (χ0v) is 13.3. The van der Waals surface area contributed by atoms with Gasteiger partial charge >= 0.3 is 0 Å². The van der Waals surface area contributed by atoms with Gasteiger partial charge in [-0.2, -0.15) is 8.42 Å². The molecule has 2 heterocycles. The van der Waals surface area contributed by atoms with Crippen molar-refractivity contribution in [3.63, 3.8) is 0 Å². The summed E-state index contributed by atoms with van der Waals surface area (Å²) in [5, 5.41) is -0.0585. The van der Waals surface area contributed by atoms with Gasteiger partial charge in [0.2, 0.25) is 0 Å². The lowest BCUT2D eigenvalue weighted by atomic mass is 10.2. The number of para-hydroxylation sites is 1. The van der Waals surface area contributed by atoms with Gasteiger partial charge in [-0.1, -0.05) is 6.07 Å². The first-order valence-corrected chi connectivity index (χ1v) is 8.22. The zero-order chi connectivity index (χ0) is 16.1. The quantitative estimate of drug-likeness (QED) is 0.845. The summed E-state index contributed by atoms with van der Waals surface area (Å²) in [7, 11) is -2.15. The third-order valence-corrected chi connectivity index (χ3v) is 5.25. The van der Waals surface area contributed by atoms with E-state index in [0.29, 0.717) is 5.82 Å². The van der Waals surface area contributed by atoms with Crippen molar-refractivity contribution in [3.8, 4) is 5.75 Å². The first kappa shape index (κ1) is 14.8. The molecule has 0 amide bonds. The molecule has 118 valence electrons. The molecule has 1 atom stereocenters. The van der Waals surface area contributed by atoms with Crippen LogP contribution in [0.4, 0.5) is 10.1 Å². The minimum absolute atomic E-state index is 0.0440. The Morgan fingerprint density at radius 2 is 2.14 bits per heavy atom. The fraction of sp³-hybridized carbons (Fsp3) is 0.357. The summed E-state index contributed by atoms with van der Waals surface area (Å²) in [6.07, 6.45) is 0.994. The molecular weight excluding hydrogens is 309 g/mol. The highest BCUT2D eigenvalue weighted by molar-refractivity contribution is 7.92. The molecule has 1 aromatic heterocycles. The van der Waals surface area contributed by atoms with Crippen LogP contribution in [0.5, 0.6) is 5.75 Å². The topological polar surface area (TPSA) is 64.4 Å². The van der Waals surface area contributed by atoms with Crippen LogP contribution in [-0.4, -0.2) is 30.6 Å². The van der Waals surface area contributed by atoms with Crippen LogP contribution in [0.2, 0.25) is 0 Å². The number of hydrogen-bond acceptors (Lipinski definition) is 4. The van der Waals surface area contributed by atoms with Gasteiger partial charge in [0.1, 0.15) is 11.9 Å². The van der Waals surface area contributed by atoms with Gasteiger partial charge in [-0.15, -0.1) is 0 Å². The Kier molecular flexibility index (Phi) is 3.36. The lowest BCUT2D eigenvalue weighted by molar-refractivity contribution is 0.209. The number of fused-ring (bicyclic) bond motifs is 1. The molecule has 0 fully saturated rings. The van der Waals surface area contributed by atoms with Crippen LogP contribution >= 0.6 is 0 Å². The second-order valence-electron chi connectivity index (χ2n) is 5.29. The maximum Gasteiger partial charge on any atom is 0.283 e. The van der Waals surface area contributed by atoms with Crippen LogP contribution in [0, 0.1) is 12.7 Å². The first-order valence-electron chi connectivity index (χ1n) is 6.78. The number of benzene rings is 1. The van der Waals surface area contributed by atoms with Crippen LogP contribution in [0.15, 0.2) is 29.4 Å². The average Bonchev–Trinajstić information content (AvgIpc) is 2.80. The molecule has 0 bridgehead atoms. The van der Waals surface area contributed by atoms with Crippen LogP contribution < -0.4 is 9.04 Å². The summed E-state index contributed by atoms with van der Waals surface area (Å²) in [5.74, 6) is -0.0433. The van der Waals surface area contributed by atoms with Crippen molar-refractivity contribution in [3.05, 3.63) is 36.0 Å². The SMILES string of the molecule is Cc1nc(S(=O)(=O)N2CC(C)Oc3c(F)cccc32)cn1C. The van der Waals surface area contributed by atoms with Gasteiger partial charge in [-0.3, -0.25) is 4.31 Å². The molecule has 6 nitrogen and oxygen atoms in total. The van der Waals surface area contributed by atoms with E-state index in [1.54, 1.807) is 25.5 Å². The van der Waals surface area contributed by atoms with E-state index < -0.39 is 21.9 Å². The van der Waals surface area contributed by atoms with Crippen LogP contribution in [0.25, 0.3) is 0 Å². The highest BCUT2D eigenvalue weighted by Crippen LogP contribution is 2.38. The van der Waals surface area contributed by atoms with Crippen LogP contribution in [0.3, 0.4) is 0 Å². The molecule has 1 aromatic carbocycles. The number of aryl methyl sites for hydroxylation is 2. The van der Waals surface area contributed by atoms with E-state index in [2.05, 4.69) is 4.98 Å². The Morgan fingerprint density at radius 1 is 1.41 bits per heavy atom. The standard InChI is InChI=1S/C14H16FN3O3S/c1-9-7-18(12-6-4-5-11(15)14(12)21-9)22(19,20)13-8-17(3)10(2)16-13/h4-6,8-9H,7H2,1-3H3. The minimum Gasteiger partial charge on any atom is -0.484 e. The fourth-order valence-electron chi connectivity index (χ4n) is 2.37. The number of nitrogens with zero attached hydrogens (tertiary/aromatic N) is 3. The molecular formula is C14H16FN3O3S. The number of imidazole rings is 1. The van der Waals surface area contributed by atoms with Crippen molar-refractivity contribution in [2.75, 3.05) is 10.8 Å². The molecule has 0 saturated heterocycles. The zero-order valence-electron chi connectivity index (χ0n) is 12.4. The molecule has 22 heavy (non-hydrogen) atoms. The second-order valence-corrected chi connectivity index (χ2v) is 7.10. The predicted octanol–water partition coefficient (Wildman–Crippen LogP) is 1.84. The molecule has 0 N–H and O–H groups in total. The monoisotopic (exact) mass is 325 g/mol. The molecule has 1 unspecified atom stereocenters. The van der Waals surface area contributed by atoms with E-state index in [4.69, 9.17) is 4.74 Å². The molecule has 0 saturated carbocycles. The van der Waals surface area contributed by atoms with Gasteiger partial charge in [-0.25, -0.2) is 9.37 Å². The minimum atomic E-state index is -3.87. The summed E-state index contributed by atoms with van der Waals surface area (Å²) in [6.45, 7) is 3.52. The number of hydrogen-bond donors (Lipinski definition) is 0. The second kappa shape index (κ2) is 4.98. The molecule has 3 rings (SSSR count). The third-order valence-electron chi connectivity index (χ3n) is 3.60. The summed E-state index contributed by atoms with van der Waals surface area (Å²) in [5.41, 5.74) is 0.196. The van der Waals surface area contributed by atoms with Crippen LogP contribution in [0.1, 0.15) is 12.7 Å². The molecule has 1 aliphatic heterocycles. The summed E-state index contributed by atoms with van der Waals surface area (Å²) in [4.78, 5) is 4.08. The lowest BCUT2D eigenvalue weighted by Crippen LogP contribution is -2.42. The van der Waals surface area contributed by atoms with Crippen molar-refractivity contribution < 1.29 is 17.5 Å². The normalized spacial score (nSPS) is 18.0. The molecule has 0 spiro atoms. The van der Waals surface area contributed by atoms with Gasteiger partial charge in [0.05, 0.1) is 12.2 Å². The Bertz CT molecular complexity index is 812. The van der Waals surface area contributed by atoms with Crippen molar-refractivity contribution in [2.45, 2.75) is 25.0 Å². The smallest absolute Gasteiger partial charge is 0.283 e. The number of anilines is 1. The first-order chi connectivity index (χ1) is 10.3. The summed E-state index contributed by atoms with van der Waals surface area (Å²) < 4.78 is 47.8. The van der Waals surface area contributed by atoms with Crippen molar-refractivity contribution >= 4 is 15.7 Å². The predicted molar refractivity (Wildman–Crippen MR) is 79.0 cm³/mol. The maximum atomic E-state index is 13.9. The van der Waals surface area contributed by atoms with E-state index in [-0.39, 0.29) is 23.0 Å². The largest absolute Gasteiger partial charge is 0.484 e. The van der Waals surface area contributed by atoms with E-state index in [0.717, 1.165) is 4.31 Å². The highest BCUT2D eigenvalue weighted by Gasteiger charge is 2.35. The number of rotatable bonds is 2. The third kappa shape index (κ3) is 2.23. The lowest BCUT2D eigenvalue weighted by Gasteiger charge is -2.33. The summed E-state index contributed by atoms with van der Waals surface area (Å²) >= 11 is 0. The Balaban J connectivity index is 2.14. The Labute approximate surface area is 128 Å². The number of sulfonamides is 1. The Morgan fingerprint density at radius 3 is 2.77 bits per heavy atom. The van der Waals surface area contributed by atoms with Gasteiger partial charge in [0, 0.05) is 13.2 Å². The molecule has 2 aromatic rings. The van der Waals surface area contributed by atoms with Crippen LogP contribution in [-0.2, 0) is 17.1 Å². The average molecular weight is 325 g/mol. The van der Waals surface area contributed by atoms with Gasteiger partial charge in [0.15, 0.2) is 16.6 Å². The van der Waals surface area contributed by atoms with Gasteiger partial charge < -0.3 is 9.30 Å². The van der Waals surface area contributed by atoms with Gasteiger partial charge in [0.25, 0.3) is 10.0 Å². The van der Waals surface area contributed by atoms with E-state index in [1.165, 1.54) is 24.4 Å². The highest BCUT2D eigenvalue weighted by atomic mass is 32.2. The maximum absolute atomic E-state index is 13.9. The molecule has 0 radical (unpaired) electrons. The van der Waals surface area contributed by atoms with Crippen molar-refractivity contribution in [2.24, 2.45) is 7.05 Å². The van der Waals surface area contributed by atoms with Crippen molar-refractivity contribution in [1.29, 1.82) is 0 Å². The van der Waals surface area contributed by atoms with E-state index in [1.807, 2.05) is 0 Å². The molecule has 1 aliphatic rings. The van der Waals surface area contributed by atoms with E-state index in [9.17, 15) is 12.8 Å². The van der Waals surface area contributed by atoms with E-state index >= 15 is 0 Å². The molecule has 0 aliphatic carbocycles. The Hall–Kier alpha value is -2.09. The summed E-state index contributed by atoms with van der Waals surface area (Å²) in [6, 6.07) is 4.23. The van der Waals surface area contributed by atoms with Gasteiger partial charge in [-0.05, 0) is 26.0 Å². The number of halogens is 1. The fourth-order valence-corrected chi connectivity index (χ4v) is 3.95. The molecule has 8 heteroatoms.